The zero-order valence-corrected chi connectivity index (χ0v) is 14.0. The van der Waals surface area contributed by atoms with Gasteiger partial charge in [-0.1, -0.05) is 58.2 Å². The predicted molar refractivity (Wildman–Crippen MR) is 83.5 cm³/mol. The minimum Gasteiger partial charge on any atom is -0.382 e. The monoisotopic (exact) mass is 269 g/mol. The second kappa shape index (κ2) is 8.37. The van der Waals surface area contributed by atoms with Gasteiger partial charge in [0.05, 0.1) is 13.8 Å². The minimum atomic E-state index is -1.23. The molecule has 1 saturated carbocycles. The Bertz CT molecular complexity index is 197. The Kier molecular flexibility index (Phi) is 7.55. The average molecular weight is 270 g/mol. The lowest BCUT2D eigenvalue weighted by Gasteiger charge is -2.41. The number of hydrogen-bond acceptors (Lipinski definition) is 1. The van der Waals surface area contributed by atoms with E-state index < -0.39 is 8.07 Å². The van der Waals surface area contributed by atoms with Crippen LogP contribution in [0.1, 0.15) is 59.8 Å². The Hall–Kier alpha value is 0.177. The fourth-order valence-electron chi connectivity index (χ4n) is 3.71. The van der Waals surface area contributed by atoms with Gasteiger partial charge in [-0.3, -0.25) is 0 Å². The van der Waals surface area contributed by atoms with Gasteiger partial charge in [0, 0.05) is 6.61 Å². The molecule has 0 saturated heterocycles. The van der Waals surface area contributed by atoms with Gasteiger partial charge in [-0.15, -0.1) is 0 Å². The van der Waals surface area contributed by atoms with Crippen molar-refractivity contribution >= 4 is 8.07 Å². The van der Waals surface area contributed by atoms with Crippen molar-refractivity contribution < 1.29 is 4.74 Å². The van der Waals surface area contributed by atoms with Gasteiger partial charge >= 0.3 is 0 Å². The summed E-state index contributed by atoms with van der Waals surface area (Å²) in [5, 5.41) is 0. The third-order valence-electron chi connectivity index (χ3n) is 5.16. The molecule has 2 atom stereocenters. The van der Waals surface area contributed by atoms with Crippen molar-refractivity contribution in [3.63, 3.8) is 0 Å². The molecule has 1 radical (unpaired) electrons. The van der Waals surface area contributed by atoms with Crippen LogP contribution < -0.4 is 0 Å². The molecule has 18 heavy (non-hydrogen) atoms. The topological polar surface area (TPSA) is 9.23 Å². The zero-order valence-electron chi connectivity index (χ0n) is 13.0. The number of rotatable bonds is 7. The van der Waals surface area contributed by atoms with Gasteiger partial charge in [-0.05, 0) is 32.1 Å². The highest BCUT2D eigenvalue weighted by atomic mass is 28.3. The highest BCUT2D eigenvalue weighted by Crippen LogP contribution is 2.36. The van der Waals surface area contributed by atoms with Crippen LogP contribution in [-0.2, 0) is 4.74 Å². The molecule has 0 amide bonds. The SMILES string of the molecule is CCOC(C1[CH]CCCCC1)[Si](CC)(CC)CC. The third-order valence-corrected chi connectivity index (χ3v) is 11.2. The molecule has 1 aliphatic carbocycles. The van der Waals surface area contributed by atoms with Crippen molar-refractivity contribution in [1.29, 1.82) is 0 Å². The fraction of sp³-hybridized carbons (Fsp3) is 0.938. The first kappa shape index (κ1) is 16.2. The molecule has 0 heterocycles. The largest absolute Gasteiger partial charge is 0.382 e. The van der Waals surface area contributed by atoms with Crippen LogP contribution in [0.3, 0.4) is 0 Å². The summed E-state index contributed by atoms with van der Waals surface area (Å²) >= 11 is 0. The second-order valence-corrected chi connectivity index (χ2v) is 11.3. The van der Waals surface area contributed by atoms with Gasteiger partial charge in [-0.25, -0.2) is 0 Å². The summed E-state index contributed by atoms with van der Waals surface area (Å²) in [6.45, 7) is 10.3. The van der Waals surface area contributed by atoms with Crippen LogP contribution in [-0.4, -0.2) is 20.4 Å². The first-order valence-electron chi connectivity index (χ1n) is 8.19. The third kappa shape index (κ3) is 3.83. The summed E-state index contributed by atoms with van der Waals surface area (Å²) in [5.74, 6) is 0.749. The van der Waals surface area contributed by atoms with E-state index in [2.05, 4.69) is 34.1 Å². The van der Waals surface area contributed by atoms with Crippen molar-refractivity contribution in [2.75, 3.05) is 6.61 Å². The second-order valence-electron chi connectivity index (χ2n) is 5.84. The van der Waals surface area contributed by atoms with Gasteiger partial charge < -0.3 is 4.74 Å². The van der Waals surface area contributed by atoms with E-state index in [1.807, 2.05) is 0 Å². The van der Waals surface area contributed by atoms with Crippen molar-refractivity contribution in [3.8, 4) is 0 Å². The maximum Gasteiger partial charge on any atom is 0.0872 e. The Morgan fingerprint density at radius 1 is 1.06 bits per heavy atom. The van der Waals surface area contributed by atoms with Gasteiger partial charge in [0.2, 0.25) is 0 Å². The molecule has 107 valence electrons. The molecule has 1 nitrogen and oxygen atoms in total. The zero-order chi connectivity index (χ0) is 13.4. The van der Waals surface area contributed by atoms with Crippen LogP contribution in [0.5, 0.6) is 0 Å². The van der Waals surface area contributed by atoms with Gasteiger partial charge in [0.25, 0.3) is 0 Å². The van der Waals surface area contributed by atoms with Crippen molar-refractivity contribution in [2.45, 2.75) is 83.7 Å². The van der Waals surface area contributed by atoms with Crippen molar-refractivity contribution in [3.05, 3.63) is 6.42 Å². The van der Waals surface area contributed by atoms with Gasteiger partial charge in [0.1, 0.15) is 0 Å². The summed E-state index contributed by atoms with van der Waals surface area (Å²) in [5.41, 5.74) is 0.584. The normalized spacial score (nSPS) is 20.7. The maximum absolute atomic E-state index is 6.31. The molecule has 0 aliphatic heterocycles. The molecule has 0 aromatic rings. The molecule has 0 spiro atoms. The molecule has 1 aliphatic rings. The lowest BCUT2D eigenvalue weighted by atomic mass is 10.0. The van der Waals surface area contributed by atoms with E-state index in [-0.39, 0.29) is 0 Å². The van der Waals surface area contributed by atoms with Gasteiger partial charge in [0.15, 0.2) is 0 Å². The van der Waals surface area contributed by atoms with Gasteiger partial charge in [-0.2, -0.15) is 0 Å². The Morgan fingerprint density at radius 3 is 2.28 bits per heavy atom. The molecule has 0 aromatic heterocycles. The predicted octanol–water partition coefficient (Wildman–Crippen LogP) is 5.22. The Labute approximate surface area is 116 Å². The van der Waals surface area contributed by atoms with E-state index in [0.29, 0.717) is 5.73 Å². The molecule has 1 fully saturated rings. The van der Waals surface area contributed by atoms with E-state index >= 15 is 0 Å². The fourth-order valence-corrected chi connectivity index (χ4v) is 8.15. The first-order valence-corrected chi connectivity index (χ1v) is 10.9. The van der Waals surface area contributed by atoms with E-state index in [9.17, 15) is 0 Å². The summed E-state index contributed by atoms with van der Waals surface area (Å²) < 4.78 is 6.31. The van der Waals surface area contributed by atoms with Crippen LogP contribution in [0.4, 0.5) is 0 Å². The highest BCUT2D eigenvalue weighted by molar-refractivity contribution is 6.81. The standard InChI is InChI=1S/C16H33OSi/c1-5-17-16(18(6-2,7-3)8-4)15-13-11-9-10-12-14-15/h13,15-16H,5-12,14H2,1-4H3. The highest BCUT2D eigenvalue weighted by Gasteiger charge is 2.41. The Balaban J connectivity index is 2.83. The van der Waals surface area contributed by atoms with E-state index in [0.717, 1.165) is 12.5 Å². The lowest BCUT2D eigenvalue weighted by Crippen LogP contribution is -2.51. The maximum atomic E-state index is 6.31. The first-order chi connectivity index (χ1) is 8.74. The van der Waals surface area contributed by atoms with E-state index in [4.69, 9.17) is 4.74 Å². The molecule has 2 unspecified atom stereocenters. The molecule has 0 N–H and O–H groups in total. The molecular weight excluding hydrogens is 236 g/mol. The van der Waals surface area contributed by atoms with Crippen LogP contribution in [0.2, 0.25) is 18.1 Å². The van der Waals surface area contributed by atoms with Crippen molar-refractivity contribution in [2.24, 2.45) is 5.92 Å². The minimum absolute atomic E-state index is 0.584. The molecule has 1 rings (SSSR count). The quantitative estimate of drug-likeness (QED) is 0.454. The molecule has 2 heteroatoms. The Morgan fingerprint density at radius 2 is 1.72 bits per heavy atom. The van der Waals surface area contributed by atoms with Crippen LogP contribution >= 0.6 is 0 Å². The smallest absolute Gasteiger partial charge is 0.0872 e. The number of ether oxygens (including phenoxy) is 1. The molecule has 0 bridgehead atoms. The average Bonchev–Trinajstić information content (AvgIpc) is 2.69. The molecule has 0 aromatic carbocycles. The van der Waals surface area contributed by atoms with Crippen LogP contribution in [0, 0.1) is 12.3 Å². The van der Waals surface area contributed by atoms with Crippen LogP contribution in [0.25, 0.3) is 0 Å². The van der Waals surface area contributed by atoms with Crippen LogP contribution in [0.15, 0.2) is 0 Å². The van der Waals surface area contributed by atoms with E-state index in [1.54, 1.807) is 0 Å². The summed E-state index contributed by atoms with van der Waals surface area (Å²) in [6, 6.07) is 4.15. The summed E-state index contributed by atoms with van der Waals surface area (Å²) in [7, 11) is -1.23. The summed E-state index contributed by atoms with van der Waals surface area (Å²) in [4.78, 5) is 0. The molecular formula is C16H33OSi. The number of hydrogen-bond donors (Lipinski definition) is 0. The van der Waals surface area contributed by atoms with E-state index in [1.165, 1.54) is 50.2 Å². The summed E-state index contributed by atoms with van der Waals surface area (Å²) in [6.07, 6.45) is 9.52. The van der Waals surface area contributed by atoms with Crippen molar-refractivity contribution in [1.82, 2.24) is 0 Å². The lowest BCUT2D eigenvalue weighted by molar-refractivity contribution is 0.0738.